The topological polar surface area (TPSA) is 88.7 Å². The van der Waals surface area contributed by atoms with E-state index in [1.807, 2.05) is 30.3 Å². The first-order chi connectivity index (χ1) is 16.1. The molecule has 2 amide bonds. The van der Waals surface area contributed by atoms with E-state index in [9.17, 15) is 9.59 Å². The molecule has 0 spiro atoms. The smallest absolute Gasteiger partial charge is 0.251 e. The first-order valence-electron chi connectivity index (χ1n) is 11.8. The molecule has 0 bridgehead atoms. The minimum absolute atomic E-state index is 0.0922. The number of benzene rings is 2. The van der Waals surface area contributed by atoms with Crippen LogP contribution in [0.3, 0.4) is 0 Å². The molecule has 0 heterocycles. The molecule has 0 aliphatic rings. The van der Waals surface area contributed by atoms with E-state index in [1.54, 1.807) is 25.3 Å². The first-order valence-corrected chi connectivity index (χ1v) is 11.8. The van der Waals surface area contributed by atoms with Crippen LogP contribution in [0.25, 0.3) is 0 Å². The SMILES string of the molecule is CCCCCCCOc1ccc(NC(=O)CNc2cccc(C(=O)NCCCOC)c2)cc1. The molecule has 33 heavy (non-hydrogen) atoms. The third-order valence-corrected chi connectivity index (χ3v) is 5.04. The molecule has 2 aromatic carbocycles. The molecule has 0 radical (unpaired) electrons. The van der Waals surface area contributed by atoms with Gasteiger partial charge in [-0.3, -0.25) is 9.59 Å². The van der Waals surface area contributed by atoms with E-state index in [0.29, 0.717) is 36.7 Å². The van der Waals surface area contributed by atoms with Gasteiger partial charge in [0.2, 0.25) is 5.91 Å². The Labute approximate surface area is 197 Å². The number of hydrogen-bond acceptors (Lipinski definition) is 5. The van der Waals surface area contributed by atoms with Crippen molar-refractivity contribution in [2.75, 3.05) is 44.0 Å². The van der Waals surface area contributed by atoms with Crippen LogP contribution in [0.2, 0.25) is 0 Å². The number of carbonyl (C=O) groups is 2. The van der Waals surface area contributed by atoms with Gasteiger partial charge in [-0.15, -0.1) is 0 Å². The number of amides is 2. The van der Waals surface area contributed by atoms with Crippen molar-refractivity contribution >= 4 is 23.2 Å². The quantitative estimate of drug-likeness (QED) is 0.315. The highest BCUT2D eigenvalue weighted by Gasteiger charge is 2.07. The van der Waals surface area contributed by atoms with Crippen LogP contribution in [0.5, 0.6) is 5.75 Å². The number of rotatable bonds is 16. The van der Waals surface area contributed by atoms with Gasteiger partial charge in [-0.1, -0.05) is 38.7 Å². The van der Waals surface area contributed by atoms with E-state index in [1.165, 1.54) is 25.7 Å². The van der Waals surface area contributed by atoms with Crippen LogP contribution in [0.1, 0.15) is 55.8 Å². The van der Waals surface area contributed by atoms with Crippen molar-refractivity contribution in [2.24, 2.45) is 0 Å². The van der Waals surface area contributed by atoms with Gasteiger partial charge < -0.3 is 25.4 Å². The van der Waals surface area contributed by atoms with Gasteiger partial charge >= 0.3 is 0 Å². The van der Waals surface area contributed by atoms with E-state index in [2.05, 4.69) is 22.9 Å². The maximum atomic E-state index is 12.3. The Balaban J connectivity index is 1.71. The minimum atomic E-state index is -0.172. The Morgan fingerprint density at radius 2 is 1.67 bits per heavy atom. The highest BCUT2D eigenvalue weighted by Crippen LogP contribution is 2.17. The molecular formula is C26H37N3O4. The molecule has 0 saturated carbocycles. The Morgan fingerprint density at radius 1 is 0.879 bits per heavy atom. The molecule has 180 valence electrons. The van der Waals surface area contributed by atoms with Crippen LogP contribution in [-0.2, 0) is 9.53 Å². The zero-order valence-electron chi connectivity index (χ0n) is 19.8. The summed E-state index contributed by atoms with van der Waals surface area (Å²) in [6, 6.07) is 14.5. The van der Waals surface area contributed by atoms with Crippen molar-refractivity contribution < 1.29 is 19.1 Å². The normalized spacial score (nSPS) is 10.5. The van der Waals surface area contributed by atoms with E-state index >= 15 is 0 Å². The van der Waals surface area contributed by atoms with E-state index in [4.69, 9.17) is 9.47 Å². The number of unbranched alkanes of at least 4 members (excludes halogenated alkanes) is 4. The maximum absolute atomic E-state index is 12.3. The van der Waals surface area contributed by atoms with E-state index < -0.39 is 0 Å². The largest absolute Gasteiger partial charge is 0.494 e. The van der Waals surface area contributed by atoms with Crippen molar-refractivity contribution in [3.63, 3.8) is 0 Å². The third kappa shape index (κ3) is 10.9. The van der Waals surface area contributed by atoms with E-state index in [-0.39, 0.29) is 18.4 Å². The number of hydrogen-bond donors (Lipinski definition) is 3. The van der Waals surface area contributed by atoms with Gasteiger partial charge in [-0.2, -0.15) is 0 Å². The predicted octanol–water partition coefficient (Wildman–Crippen LogP) is 4.85. The Hall–Kier alpha value is -3.06. The second-order valence-electron chi connectivity index (χ2n) is 7.87. The molecule has 2 rings (SSSR count). The lowest BCUT2D eigenvalue weighted by Crippen LogP contribution is -2.25. The molecule has 0 atom stereocenters. The predicted molar refractivity (Wildman–Crippen MR) is 133 cm³/mol. The third-order valence-electron chi connectivity index (χ3n) is 5.04. The Bertz CT molecular complexity index is 840. The van der Waals surface area contributed by atoms with Crippen LogP contribution in [0, 0.1) is 0 Å². The molecule has 3 N–H and O–H groups in total. The Morgan fingerprint density at radius 3 is 2.42 bits per heavy atom. The second-order valence-corrected chi connectivity index (χ2v) is 7.87. The maximum Gasteiger partial charge on any atom is 0.251 e. The molecule has 7 heteroatoms. The fourth-order valence-electron chi connectivity index (χ4n) is 3.21. The van der Waals surface area contributed by atoms with Gasteiger partial charge in [-0.05, 0) is 55.3 Å². The second kappa shape index (κ2) is 15.7. The fourth-order valence-corrected chi connectivity index (χ4v) is 3.21. The van der Waals surface area contributed by atoms with E-state index in [0.717, 1.165) is 18.6 Å². The van der Waals surface area contributed by atoms with Crippen molar-refractivity contribution in [2.45, 2.75) is 45.4 Å². The zero-order chi connectivity index (χ0) is 23.7. The summed E-state index contributed by atoms with van der Waals surface area (Å²) in [7, 11) is 1.63. The zero-order valence-corrected chi connectivity index (χ0v) is 19.8. The lowest BCUT2D eigenvalue weighted by Gasteiger charge is -2.10. The van der Waals surface area contributed by atoms with Crippen molar-refractivity contribution in [3.8, 4) is 5.75 Å². The summed E-state index contributed by atoms with van der Waals surface area (Å²) in [5, 5.41) is 8.77. The molecule has 7 nitrogen and oxygen atoms in total. The summed E-state index contributed by atoms with van der Waals surface area (Å²) in [5.41, 5.74) is 1.96. The molecule has 2 aromatic rings. The molecular weight excluding hydrogens is 418 g/mol. The van der Waals surface area contributed by atoms with Crippen LogP contribution in [0.4, 0.5) is 11.4 Å². The van der Waals surface area contributed by atoms with Crippen molar-refractivity contribution in [3.05, 3.63) is 54.1 Å². The van der Waals surface area contributed by atoms with Gasteiger partial charge in [-0.25, -0.2) is 0 Å². The molecule has 0 unspecified atom stereocenters. The van der Waals surface area contributed by atoms with Gasteiger partial charge in [0.1, 0.15) is 5.75 Å². The van der Waals surface area contributed by atoms with Crippen molar-refractivity contribution in [1.29, 1.82) is 0 Å². The number of carbonyl (C=O) groups excluding carboxylic acids is 2. The molecule has 0 saturated heterocycles. The number of anilines is 2. The summed E-state index contributed by atoms with van der Waals surface area (Å²) >= 11 is 0. The number of ether oxygens (including phenoxy) is 2. The van der Waals surface area contributed by atoms with Gasteiger partial charge in [0.15, 0.2) is 0 Å². The fraction of sp³-hybridized carbons (Fsp3) is 0.462. The lowest BCUT2D eigenvalue weighted by molar-refractivity contribution is -0.114. The minimum Gasteiger partial charge on any atom is -0.494 e. The summed E-state index contributed by atoms with van der Waals surface area (Å²) < 4.78 is 10.7. The average Bonchev–Trinajstić information content (AvgIpc) is 2.84. The lowest BCUT2D eigenvalue weighted by atomic mass is 10.2. The summed E-state index contributed by atoms with van der Waals surface area (Å²) in [5.74, 6) is 0.482. The number of methoxy groups -OCH3 is 1. The summed E-state index contributed by atoms with van der Waals surface area (Å²) in [6.07, 6.45) is 6.78. The monoisotopic (exact) mass is 455 g/mol. The Kier molecular flexibility index (Phi) is 12.5. The first kappa shape index (κ1) is 26.2. The average molecular weight is 456 g/mol. The van der Waals surface area contributed by atoms with Crippen molar-refractivity contribution in [1.82, 2.24) is 5.32 Å². The summed E-state index contributed by atoms with van der Waals surface area (Å²) in [4.78, 5) is 24.5. The highest BCUT2D eigenvalue weighted by atomic mass is 16.5. The molecule has 0 aromatic heterocycles. The number of nitrogens with one attached hydrogen (secondary N) is 3. The standard InChI is InChI=1S/C26H37N3O4/c1-3-4-5-6-7-18-33-24-14-12-22(13-15-24)29-25(30)20-28-23-11-8-10-21(19-23)26(31)27-16-9-17-32-2/h8,10-15,19,28H,3-7,9,16-18,20H2,1-2H3,(H,27,31)(H,29,30). The van der Waals surface area contributed by atoms with Crippen LogP contribution < -0.4 is 20.7 Å². The van der Waals surface area contributed by atoms with Crippen LogP contribution in [-0.4, -0.2) is 45.2 Å². The molecule has 0 aliphatic heterocycles. The van der Waals surface area contributed by atoms with Gasteiger partial charge in [0.25, 0.3) is 5.91 Å². The van der Waals surface area contributed by atoms with Gasteiger partial charge in [0, 0.05) is 37.2 Å². The summed E-state index contributed by atoms with van der Waals surface area (Å²) in [6.45, 7) is 4.16. The van der Waals surface area contributed by atoms with Gasteiger partial charge in [0.05, 0.1) is 13.2 Å². The molecule has 0 fully saturated rings. The highest BCUT2D eigenvalue weighted by molar-refractivity contribution is 5.96. The van der Waals surface area contributed by atoms with Crippen LogP contribution >= 0.6 is 0 Å². The molecule has 0 aliphatic carbocycles. The van der Waals surface area contributed by atoms with Crippen LogP contribution in [0.15, 0.2) is 48.5 Å².